The van der Waals surface area contributed by atoms with Crippen LogP contribution in [0.15, 0.2) is 29.3 Å². The topological polar surface area (TPSA) is 32.7 Å². The molecule has 0 spiro atoms. The van der Waals surface area contributed by atoms with Crippen LogP contribution < -0.4 is 4.90 Å². The fourth-order valence-electron chi connectivity index (χ4n) is 3.36. The Balaban J connectivity index is 2.53. The summed E-state index contributed by atoms with van der Waals surface area (Å²) in [6.45, 7) is 12.2. The predicted molar refractivity (Wildman–Crippen MR) is 108 cm³/mol. The number of nitrogens with zero attached hydrogens (tertiary/aromatic N) is 2. The summed E-state index contributed by atoms with van der Waals surface area (Å²) < 4.78 is 0. The maximum atomic E-state index is 12.4. The zero-order chi connectivity index (χ0) is 18.7. The van der Waals surface area contributed by atoms with Crippen molar-refractivity contribution < 1.29 is 4.79 Å². The molecule has 0 aliphatic rings. The molecule has 0 fully saturated rings. The minimum atomic E-state index is -0.192. The van der Waals surface area contributed by atoms with Crippen LogP contribution in [0.2, 0.25) is 0 Å². The van der Waals surface area contributed by atoms with E-state index in [1.165, 1.54) is 11.1 Å². The molecule has 3 nitrogen and oxygen atoms in total. The summed E-state index contributed by atoms with van der Waals surface area (Å²) in [5.74, 6) is -0.284. The van der Waals surface area contributed by atoms with Crippen LogP contribution in [-0.2, 0) is 4.79 Å². The van der Waals surface area contributed by atoms with Crippen LogP contribution in [0, 0.1) is 41.5 Å². The molecule has 1 amide bonds. The number of aliphatic imine (C=N–C) groups is 1. The van der Waals surface area contributed by atoms with E-state index in [4.69, 9.17) is 11.6 Å². The fraction of sp³-hybridized carbons (Fsp3) is 0.333. The Morgan fingerprint density at radius 2 is 1.36 bits per heavy atom. The highest BCUT2D eigenvalue weighted by Gasteiger charge is 2.18. The monoisotopic (exact) mass is 356 g/mol. The molecule has 0 bridgehead atoms. The molecule has 4 heteroatoms. The second kappa shape index (κ2) is 7.83. The lowest BCUT2D eigenvalue weighted by atomic mass is 10.0. The number of carbonyl (C=O) groups is 1. The molecule has 2 rings (SSSR count). The molecule has 0 aromatic heterocycles. The van der Waals surface area contributed by atoms with E-state index in [1.54, 1.807) is 11.2 Å². The third kappa shape index (κ3) is 4.29. The highest BCUT2D eigenvalue weighted by Crippen LogP contribution is 2.28. The zero-order valence-electron chi connectivity index (χ0n) is 15.8. The van der Waals surface area contributed by atoms with E-state index in [0.29, 0.717) is 0 Å². The van der Waals surface area contributed by atoms with Gasteiger partial charge in [-0.1, -0.05) is 35.4 Å². The van der Waals surface area contributed by atoms with Gasteiger partial charge in [0.2, 0.25) is 5.91 Å². The molecule has 0 N–H and O–H groups in total. The van der Waals surface area contributed by atoms with Gasteiger partial charge in [0.15, 0.2) is 0 Å². The van der Waals surface area contributed by atoms with Gasteiger partial charge < -0.3 is 0 Å². The van der Waals surface area contributed by atoms with Gasteiger partial charge >= 0.3 is 0 Å². The van der Waals surface area contributed by atoms with Crippen molar-refractivity contribution in [2.75, 3.05) is 10.8 Å². The lowest BCUT2D eigenvalue weighted by Crippen LogP contribution is -2.31. The molecule has 0 radical (unpaired) electrons. The number of aryl methyl sites for hydroxylation is 6. The van der Waals surface area contributed by atoms with Crippen LogP contribution >= 0.6 is 11.6 Å². The van der Waals surface area contributed by atoms with Gasteiger partial charge in [-0.15, -0.1) is 11.6 Å². The summed E-state index contributed by atoms with van der Waals surface area (Å²) in [7, 11) is 0. The number of hydrogen-bond acceptors (Lipinski definition) is 2. The van der Waals surface area contributed by atoms with E-state index >= 15 is 0 Å². The quantitative estimate of drug-likeness (QED) is 0.406. The van der Waals surface area contributed by atoms with Gasteiger partial charge in [0, 0.05) is 0 Å². The first-order chi connectivity index (χ1) is 11.7. The number of rotatable bonds is 4. The molecule has 0 aliphatic carbocycles. The van der Waals surface area contributed by atoms with Crippen LogP contribution in [0.4, 0.5) is 11.4 Å². The molecular weight excluding hydrogens is 332 g/mol. The van der Waals surface area contributed by atoms with E-state index < -0.39 is 0 Å². The maximum Gasteiger partial charge on any atom is 0.247 e. The number of benzene rings is 2. The van der Waals surface area contributed by atoms with Crippen LogP contribution in [0.25, 0.3) is 0 Å². The highest BCUT2D eigenvalue weighted by molar-refractivity contribution is 6.31. The number of hydrogen-bond donors (Lipinski definition) is 0. The maximum absolute atomic E-state index is 12.4. The summed E-state index contributed by atoms with van der Waals surface area (Å²) in [4.78, 5) is 18.6. The van der Waals surface area contributed by atoms with Gasteiger partial charge in [0.25, 0.3) is 0 Å². The van der Waals surface area contributed by atoms with E-state index in [2.05, 4.69) is 36.2 Å². The standard InChI is InChI=1S/C21H25ClN2O/c1-13-7-15(3)20(16(4)8-13)23-12-24(19(25)11-22)21-17(5)9-14(2)10-18(21)6/h7-10,12H,11H2,1-6H3. The van der Waals surface area contributed by atoms with Gasteiger partial charge in [0.1, 0.15) is 12.2 Å². The molecule has 0 aliphatic heterocycles. The summed E-state index contributed by atoms with van der Waals surface area (Å²) in [6, 6.07) is 8.31. The summed E-state index contributed by atoms with van der Waals surface area (Å²) >= 11 is 5.84. The fourth-order valence-corrected chi connectivity index (χ4v) is 3.48. The van der Waals surface area contributed by atoms with Gasteiger partial charge in [-0.3, -0.25) is 9.69 Å². The van der Waals surface area contributed by atoms with E-state index in [0.717, 1.165) is 33.6 Å². The Labute approximate surface area is 155 Å². The average molecular weight is 357 g/mol. The van der Waals surface area contributed by atoms with Gasteiger partial charge in [-0.25, -0.2) is 4.99 Å². The minimum Gasteiger partial charge on any atom is -0.273 e. The predicted octanol–water partition coefficient (Wildman–Crippen LogP) is 5.47. The number of anilines is 1. The van der Waals surface area contributed by atoms with Crippen molar-refractivity contribution in [2.45, 2.75) is 41.5 Å². The molecule has 0 heterocycles. The van der Waals surface area contributed by atoms with Gasteiger partial charge in [-0.05, 0) is 63.8 Å². The molecule has 0 saturated carbocycles. The Kier molecular flexibility index (Phi) is 6.02. The summed E-state index contributed by atoms with van der Waals surface area (Å²) in [5.41, 5.74) is 8.34. The van der Waals surface area contributed by atoms with E-state index in [-0.39, 0.29) is 11.8 Å². The first kappa shape index (κ1) is 19.2. The zero-order valence-corrected chi connectivity index (χ0v) is 16.5. The Bertz CT molecular complexity index is 794. The van der Waals surface area contributed by atoms with Gasteiger partial charge in [-0.2, -0.15) is 0 Å². The van der Waals surface area contributed by atoms with Gasteiger partial charge in [0.05, 0.1) is 11.4 Å². The highest BCUT2D eigenvalue weighted by atomic mass is 35.5. The molecule has 0 saturated heterocycles. The second-order valence-electron chi connectivity index (χ2n) is 6.64. The lowest BCUT2D eigenvalue weighted by Gasteiger charge is -2.22. The molecule has 132 valence electrons. The Morgan fingerprint density at radius 1 is 0.920 bits per heavy atom. The van der Waals surface area contributed by atoms with Crippen molar-refractivity contribution in [1.29, 1.82) is 0 Å². The van der Waals surface area contributed by atoms with Crippen molar-refractivity contribution >= 4 is 35.2 Å². The molecule has 0 unspecified atom stereocenters. The number of alkyl halides is 1. The molecule has 2 aromatic carbocycles. The normalized spacial score (nSPS) is 11.2. The van der Waals surface area contributed by atoms with Crippen molar-refractivity contribution in [1.82, 2.24) is 0 Å². The number of halogens is 1. The smallest absolute Gasteiger partial charge is 0.247 e. The third-order valence-corrected chi connectivity index (χ3v) is 4.43. The largest absolute Gasteiger partial charge is 0.273 e. The molecule has 25 heavy (non-hydrogen) atoms. The van der Waals surface area contributed by atoms with Crippen LogP contribution in [0.1, 0.15) is 33.4 Å². The SMILES string of the molecule is Cc1cc(C)c(N=CN(C(=O)CCl)c2c(C)cc(C)cc2C)c(C)c1. The summed E-state index contributed by atoms with van der Waals surface area (Å²) in [6.07, 6.45) is 1.60. The van der Waals surface area contributed by atoms with Crippen LogP contribution in [0.5, 0.6) is 0 Å². The van der Waals surface area contributed by atoms with Crippen molar-refractivity contribution in [3.8, 4) is 0 Å². The summed E-state index contributed by atoms with van der Waals surface area (Å²) in [5, 5.41) is 0. The first-order valence-electron chi connectivity index (χ1n) is 8.32. The molecule has 0 atom stereocenters. The van der Waals surface area contributed by atoms with Crippen LogP contribution in [-0.4, -0.2) is 18.1 Å². The van der Waals surface area contributed by atoms with Crippen molar-refractivity contribution in [2.24, 2.45) is 4.99 Å². The number of amides is 1. The Morgan fingerprint density at radius 3 is 1.80 bits per heavy atom. The van der Waals surface area contributed by atoms with Crippen LogP contribution in [0.3, 0.4) is 0 Å². The molecule has 2 aromatic rings. The molecular formula is C21H25ClN2O. The Hall–Kier alpha value is -2.13. The lowest BCUT2D eigenvalue weighted by molar-refractivity contribution is -0.115. The number of carbonyl (C=O) groups excluding carboxylic acids is 1. The second-order valence-corrected chi connectivity index (χ2v) is 6.90. The van der Waals surface area contributed by atoms with E-state index in [9.17, 15) is 4.79 Å². The van der Waals surface area contributed by atoms with E-state index in [1.807, 2.05) is 34.6 Å². The third-order valence-electron chi connectivity index (χ3n) is 4.20. The first-order valence-corrected chi connectivity index (χ1v) is 8.86. The van der Waals surface area contributed by atoms with Crippen molar-refractivity contribution in [3.05, 3.63) is 57.6 Å². The average Bonchev–Trinajstić information content (AvgIpc) is 2.50. The minimum absolute atomic E-state index is 0.0926. The van der Waals surface area contributed by atoms with Crippen molar-refractivity contribution in [3.63, 3.8) is 0 Å².